The van der Waals surface area contributed by atoms with E-state index in [1.165, 1.54) is 30.1 Å². The fourth-order valence-corrected chi connectivity index (χ4v) is 5.59. The molecule has 0 bridgehead atoms. The Bertz CT molecular complexity index is 1160. The molecule has 10 heteroatoms. The van der Waals surface area contributed by atoms with Crippen molar-refractivity contribution in [1.29, 1.82) is 0 Å². The maximum Gasteiger partial charge on any atom is 0.341 e. The molecule has 0 fully saturated rings. The molecule has 0 aliphatic heterocycles. The average molecular weight is 456 g/mol. The number of aromatic nitrogens is 2. The predicted molar refractivity (Wildman–Crippen MR) is 123 cm³/mol. The first-order chi connectivity index (χ1) is 14.9. The van der Waals surface area contributed by atoms with Gasteiger partial charge < -0.3 is 21.5 Å². The zero-order valence-corrected chi connectivity index (χ0v) is 18.6. The molecule has 0 saturated carbocycles. The number of rotatable bonds is 5. The standard InChI is InChI=1S/C21H21N5O3S2/c1-10(30-21-24-14(22)9-15(23)25-21)18(27)26-19-16(20(28)29-2)13-8-7-11-5-3-4-6-12(11)17(13)31-19/h3-6,9-10H,7-8H2,1-2H3,(H,26,27)(H4,22,23,24,25). The van der Waals surface area contributed by atoms with Crippen molar-refractivity contribution in [1.82, 2.24) is 9.97 Å². The van der Waals surface area contributed by atoms with E-state index in [0.29, 0.717) is 22.1 Å². The maximum atomic E-state index is 12.9. The van der Waals surface area contributed by atoms with Gasteiger partial charge in [0.05, 0.1) is 17.9 Å². The van der Waals surface area contributed by atoms with Gasteiger partial charge in [-0.15, -0.1) is 11.3 Å². The van der Waals surface area contributed by atoms with Crippen LogP contribution in [-0.4, -0.2) is 34.2 Å². The summed E-state index contributed by atoms with van der Waals surface area (Å²) in [5.41, 5.74) is 15.1. The minimum Gasteiger partial charge on any atom is -0.465 e. The van der Waals surface area contributed by atoms with E-state index in [9.17, 15) is 9.59 Å². The molecule has 1 atom stereocenters. The quantitative estimate of drug-likeness (QED) is 0.303. The zero-order chi connectivity index (χ0) is 22.1. The normalized spacial score (nSPS) is 13.1. The molecule has 1 aromatic carbocycles. The number of nitrogens with two attached hydrogens (primary N) is 2. The molecule has 0 spiro atoms. The van der Waals surface area contributed by atoms with Crippen LogP contribution >= 0.6 is 23.1 Å². The number of hydrogen-bond donors (Lipinski definition) is 3. The Balaban J connectivity index is 1.63. The van der Waals surface area contributed by atoms with Gasteiger partial charge in [0.15, 0.2) is 5.16 Å². The van der Waals surface area contributed by atoms with Crippen molar-refractivity contribution in [2.24, 2.45) is 0 Å². The third-order valence-electron chi connectivity index (χ3n) is 4.94. The van der Waals surface area contributed by atoms with Crippen LogP contribution in [0.15, 0.2) is 35.5 Å². The SMILES string of the molecule is COC(=O)c1c(NC(=O)C(C)Sc2nc(N)cc(N)n2)sc2c1CCc1ccccc1-2. The minimum atomic E-state index is -0.543. The molecule has 5 N–H and O–H groups in total. The van der Waals surface area contributed by atoms with Crippen molar-refractivity contribution in [3.63, 3.8) is 0 Å². The van der Waals surface area contributed by atoms with E-state index in [0.717, 1.165) is 34.2 Å². The topological polar surface area (TPSA) is 133 Å². The van der Waals surface area contributed by atoms with Crippen LogP contribution in [-0.2, 0) is 22.4 Å². The summed E-state index contributed by atoms with van der Waals surface area (Å²) in [7, 11) is 1.34. The van der Waals surface area contributed by atoms with Gasteiger partial charge in [-0.05, 0) is 36.5 Å². The van der Waals surface area contributed by atoms with Gasteiger partial charge >= 0.3 is 5.97 Å². The van der Waals surface area contributed by atoms with Crippen molar-refractivity contribution in [2.75, 3.05) is 23.9 Å². The lowest BCUT2D eigenvalue weighted by molar-refractivity contribution is -0.115. The van der Waals surface area contributed by atoms with Gasteiger partial charge in [-0.25, -0.2) is 14.8 Å². The Hall–Kier alpha value is -3.11. The summed E-state index contributed by atoms with van der Waals surface area (Å²) in [6.45, 7) is 1.73. The van der Waals surface area contributed by atoms with Crippen LogP contribution in [0.3, 0.4) is 0 Å². The van der Waals surface area contributed by atoms with Crippen LogP contribution in [0.1, 0.15) is 28.4 Å². The molecule has 1 unspecified atom stereocenters. The van der Waals surface area contributed by atoms with Gasteiger partial charge in [-0.1, -0.05) is 36.0 Å². The van der Waals surface area contributed by atoms with Gasteiger partial charge in [0.1, 0.15) is 16.6 Å². The summed E-state index contributed by atoms with van der Waals surface area (Å²) >= 11 is 2.53. The zero-order valence-electron chi connectivity index (χ0n) is 17.0. The number of anilines is 3. The van der Waals surface area contributed by atoms with Crippen LogP contribution < -0.4 is 16.8 Å². The molecule has 31 heavy (non-hydrogen) atoms. The highest BCUT2D eigenvalue weighted by atomic mass is 32.2. The van der Waals surface area contributed by atoms with E-state index in [1.54, 1.807) is 6.92 Å². The molecule has 2 aromatic heterocycles. The highest BCUT2D eigenvalue weighted by Gasteiger charge is 2.30. The second-order valence-electron chi connectivity index (χ2n) is 7.01. The van der Waals surface area contributed by atoms with Crippen molar-refractivity contribution in [2.45, 2.75) is 30.2 Å². The Morgan fingerprint density at radius 1 is 1.19 bits per heavy atom. The number of hydrogen-bond acceptors (Lipinski definition) is 9. The number of aryl methyl sites for hydroxylation is 1. The lowest BCUT2D eigenvalue weighted by Crippen LogP contribution is -2.23. The molecule has 4 rings (SSSR count). The molecule has 0 radical (unpaired) electrons. The lowest BCUT2D eigenvalue weighted by Gasteiger charge is -2.16. The van der Waals surface area contributed by atoms with Gasteiger partial charge in [-0.2, -0.15) is 0 Å². The molecule has 8 nitrogen and oxygen atoms in total. The maximum absolute atomic E-state index is 12.9. The number of methoxy groups -OCH3 is 1. The van der Waals surface area contributed by atoms with E-state index in [-0.39, 0.29) is 17.5 Å². The van der Waals surface area contributed by atoms with Crippen molar-refractivity contribution in [3.8, 4) is 10.4 Å². The number of thioether (sulfide) groups is 1. The number of thiophene rings is 1. The number of amides is 1. The first-order valence-corrected chi connectivity index (χ1v) is 11.3. The molecule has 1 amide bonds. The van der Waals surface area contributed by atoms with E-state index >= 15 is 0 Å². The predicted octanol–water partition coefficient (Wildman–Crippen LogP) is 3.37. The molecule has 3 aromatic rings. The van der Waals surface area contributed by atoms with Gasteiger partial charge in [0.2, 0.25) is 5.91 Å². The number of carbonyl (C=O) groups is 2. The second-order valence-corrected chi connectivity index (χ2v) is 9.34. The number of nitrogen functional groups attached to an aromatic ring is 2. The highest BCUT2D eigenvalue weighted by molar-refractivity contribution is 8.00. The third-order valence-corrected chi connectivity index (χ3v) is 7.08. The van der Waals surface area contributed by atoms with E-state index < -0.39 is 11.2 Å². The Morgan fingerprint density at radius 3 is 2.61 bits per heavy atom. The summed E-state index contributed by atoms with van der Waals surface area (Å²) in [6, 6.07) is 9.55. The van der Waals surface area contributed by atoms with Crippen LogP contribution in [0.25, 0.3) is 10.4 Å². The molecular formula is C21H21N5O3S2. The second kappa shape index (κ2) is 8.56. The summed E-state index contributed by atoms with van der Waals surface area (Å²) < 4.78 is 5.02. The first-order valence-electron chi connectivity index (χ1n) is 9.57. The Morgan fingerprint density at radius 2 is 1.90 bits per heavy atom. The number of benzene rings is 1. The van der Waals surface area contributed by atoms with E-state index in [1.807, 2.05) is 18.2 Å². The summed E-state index contributed by atoms with van der Waals surface area (Å²) in [4.78, 5) is 34.7. The monoisotopic (exact) mass is 455 g/mol. The lowest BCUT2D eigenvalue weighted by atomic mass is 9.89. The Labute approximate surface area is 187 Å². The summed E-state index contributed by atoms with van der Waals surface area (Å²) in [5.74, 6) is -0.272. The van der Waals surface area contributed by atoms with Crippen LogP contribution in [0.2, 0.25) is 0 Å². The molecular weight excluding hydrogens is 434 g/mol. The van der Waals surface area contributed by atoms with E-state index in [2.05, 4.69) is 21.4 Å². The summed E-state index contributed by atoms with van der Waals surface area (Å²) in [6.07, 6.45) is 1.54. The fraction of sp³-hybridized carbons (Fsp3) is 0.238. The number of fused-ring (bicyclic) bond motifs is 3. The molecule has 0 saturated heterocycles. The van der Waals surface area contributed by atoms with Crippen molar-refractivity contribution < 1.29 is 14.3 Å². The highest BCUT2D eigenvalue weighted by Crippen LogP contribution is 2.45. The summed E-state index contributed by atoms with van der Waals surface area (Å²) in [5, 5.41) is 3.16. The number of esters is 1. The van der Waals surface area contributed by atoms with Crippen LogP contribution in [0.5, 0.6) is 0 Å². The van der Waals surface area contributed by atoms with Gasteiger partial charge in [0.25, 0.3) is 0 Å². The molecule has 1 aliphatic rings. The Kier molecular flexibility index (Phi) is 5.84. The number of nitrogens with zero attached hydrogens (tertiary/aromatic N) is 2. The number of ether oxygens (including phenoxy) is 1. The largest absolute Gasteiger partial charge is 0.465 e. The van der Waals surface area contributed by atoms with E-state index in [4.69, 9.17) is 16.2 Å². The van der Waals surface area contributed by atoms with Crippen molar-refractivity contribution in [3.05, 3.63) is 47.0 Å². The minimum absolute atomic E-state index is 0.236. The average Bonchev–Trinajstić information content (AvgIpc) is 3.10. The van der Waals surface area contributed by atoms with Gasteiger partial charge in [-0.3, -0.25) is 4.79 Å². The molecule has 2 heterocycles. The van der Waals surface area contributed by atoms with Crippen LogP contribution in [0.4, 0.5) is 16.6 Å². The molecule has 1 aliphatic carbocycles. The number of nitrogens with one attached hydrogen (secondary N) is 1. The van der Waals surface area contributed by atoms with Crippen LogP contribution in [0, 0.1) is 0 Å². The smallest absolute Gasteiger partial charge is 0.341 e. The first kappa shape index (κ1) is 21.1. The third kappa shape index (κ3) is 4.21. The fourth-order valence-electron chi connectivity index (χ4n) is 3.49. The number of carbonyl (C=O) groups excluding carboxylic acids is 2. The molecule has 160 valence electrons. The van der Waals surface area contributed by atoms with Gasteiger partial charge in [0, 0.05) is 10.9 Å². The van der Waals surface area contributed by atoms with Crippen molar-refractivity contribution >= 4 is 51.6 Å².